The van der Waals surface area contributed by atoms with Crippen molar-refractivity contribution in [2.45, 2.75) is 20.4 Å². The number of amides is 2. The van der Waals surface area contributed by atoms with E-state index in [4.69, 9.17) is 0 Å². The van der Waals surface area contributed by atoms with Crippen molar-refractivity contribution in [1.29, 1.82) is 0 Å². The second-order valence-electron chi connectivity index (χ2n) is 7.24. The molecule has 1 saturated heterocycles. The van der Waals surface area contributed by atoms with Gasteiger partial charge in [0.05, 0.1) is 11.0 Å². The van der Waals surface area contributed by atoms with Gasteiger partial charge in [-0.05, 0) is 38.1 Å². The lowest BCUT2D eigenvalue weighted by Crippen LogP contribution is -2.51. The summed E-state index contributed by atoms with van der Waals surface area (Å²) in [7, 11) is 0. The lowest BCUT2D eigenvalue weighted by molar-refractivity contribution is 0.208. The SMILES string of the molecule is CCn1c(=O)c(N2CCN(C(=O)Nc3ccc(C)cc3)CC2)nc2ccccc21. The molecule has 1 aromatic heterocycles. The number of aryl methyl sites for hydroxylation is 2. The second kappa shape index (κ2) is 7.95. The van der Waals surface area contributed by atoms with Crippen molar-refractivity contribution in [3.63, 3.8) is 0 Å². The Hall–Kier alpha value is -3.35. The van der Waals surface area contributed by atoms with E-state index in [2.05, 4.69) is 10.3 Å². The van der Waals surface area contributed by atoms with Crippen LogP contribution in [0, 0.1) is 6.92 Å². The smallest absolute Gasteiger partial charge is 0.321 e. The molecular formula is C22H25N5O2. The maximum absolute atomic E-state index is 13.0. The molecule has 0 saturated carbocycles. The highest BCUT2D eigenvalue weighted by Gasteiger charge is 2.24. The lowest BCUT2D eigenvalue weighted by Gasteiger charge is -2.35. The third-order valence-corrected chi connectivity index (χ3v) is 5.32. The third-order valence-electron chi connectivity index (χ3n) is 5.32. The van der Waals surface area contributed by atoms with Gasteiger partial charge >= 0.3 is 6.03 Å². The molecule has 1 fully saturated rings. The molecule has 4 rings (SSSR count). The highest BCUT2D eigenvalue weighted by molar-refractivity contribution is 5.89. The van der Waals surface area contributed by atoms with Gasteiger partial charge in [0.15, 0.2) is 5.82 Å². The molecule has 0 bridgehead atoms. The number of aromatic nitrogens is 2. The molecule has 29 heavy (non-hydrogen) atoms. The number of carbonyl (C=O) groups is 1. The minimum Gasteiger partial charge on any atom is -0.348 e. The molecule has 2 heterocycles. The average molecular weight is 391 g/mol. The van der Waals surface area contributed by atoms with Crippen LogP contribution < -0.4 is 15.8 Å². The van der Waals surface area contributed by atoms with Crippen LogP contribution in [-0.4, -0.2) is 46.7 Å². The molecule has 1 aliphatic heterocycles. The summed E-state index contributed by atoms with van der Waals surface area (Å²) in [6.07, 6.45) is 0. The topological polar surface area (TPSA) is 70.5 Å². The zero-order valence-corrected chi connectivity index (χ0v) is 16.8. The molecule has 0 unspecified atom stereocenters. The Morgan fingerprint density at radius 3 is 2.41 bits per heavy atom. The molecule has 0 atom stereocenters. The Morgan fingerprint density at radius 2 is 1.72 bits per heavy atom. The van der Waals surface area contributed by atoms with Gasteiger partial charge in [0, 0.05) is 38.4 Å². The van der Waals surface area contributed by atoms with Crippen molar-refractivity contribution >= 4 is 28.6 Å². The van der Waals surface area contributed by atoms with Crippen molar-refractivity contribution in [2.24, 2.45) is 0 Å². The summed E-state index contributed by atoms with van der Waals surface area (Å²) in [4.78, 5) is 33.9. The van der Waals surface area contributed by atoms with E-state index < -0.39 is 0 Å². The number of anilines is 2. The van der Waals surface area contributed by atoms with Crippen molar-refractivity contribution in [1.82, 2.24) is 14.5 Å². The van der Waals surface area contributed by atoms with Crippen LogP contribution >= 0.6 is 0 Å². The number of piperazine rings is 1. The predicted octanol–water partition coefficient (Wildman–Crippen LogP) is 3.08. The quantitative estimate of drug-likeness (QED) is 0.745. The fraction of sp³-hybridized carbons (Fsp3) is 0.318. The number of para-hydroxylation sites is 2. The van der Waals surface area contributed by atoms with Crippen LogP contribution in [0.15, 0.2) is 53.3 Å². The Morgan fingerprint density at radius 1 is 1.03 bits per heavy atom. The normalized spacial score (nSPS) is 14.3. The number of hydrogen-bond acceptors (Lipinski definition) is 4. The van der Waals surface area contributed by atoms with E-state index in [-0.39, 0.29) is 11.6 Å². The zero-order valence-electron chi connectivity index (χ0n) is 16.8. The van der Waals surface area contributed by atoms with Gasteiger partial charge in [0.2, 0.25) is 0 Å². The standard InChI is InChI=1S/C22H25N5O2/c1-3-27-19-7-5-4-6-18(19)24-20(21(27)28)25-12-14-26(15-13-25)22(29)23-17-10-8-16(2)9-11-17/h4-11H,3,12-15H2,1-2H3,(H,23,29). The van der Waals surface area contributed by atoms with Gasteiger partial charge in [-0.15, -0.1) is 0 Å². The molecular weight excluding hydrogens is 366 g/mol. The van der Waals surface area contributed by atoms with Crippen LogP contribution in [0.3, 0.4) is 0 Å². The third kappa shape index (κ3) is 3.81. The van der Waals surface area contributed by atoms with E-state index in [0.29, 0.717) is 38.5 Å². The summed E-state index contributed by atoms with van der Waals surface area (Å²) in [5, 5.41) is 2.93. The molecule has 1 aliphatic rings. The number of fused-ring (bicyclic) bond motifs is 1. The highest BCUT2D eigenvalue weighted by Crippen LogP contribution is 2.17. The van der Waals surface area contributed by atoms with Crippen molar-refractivity contribution in [2.75, 3.05) is 36.4 Å². The lowest BCUT2D eigenvalue weighted by atomic mass is 10.2. The maximum Gasteiger partial charge on any atom is 0.321 e. The molecule has 0 radical (unpaired) electrons. The van der Waals surface area contributed by atoms with E-state index >= 15 is 0 Å². The molecule has 1 N–H and O–H groups in total. The monoisotopic (exact) mass is 391 g/mol. The number of nitrogens with zero attached hydrogens (tertiary/aromatic N) is 4. The molecule has 7 nitrogen and oxygen atoms in total. The second-order valence-corrected chi connectivity index (χ2v) is 7.24. The number of hydrogen-bond donors (Lipinski definition) is 1. The van der Waals surface area contributed by atoms with Gasteiger partial charge in [-0.1, -0.05) is 29.8 Å². The first-order valence-electron chi connectivity index (χ1n) is 9.94. The van der Waals surface area contributed by atoms with Crippen molar-refractivity contribution < 1.29 is 4.79 Å². The van der Waals surface area contributed by atoms with Gasteiger partial charge in [-0.25, -0.2) is 9.78 Å². The minimum atomic E-state index is -0.119. The van der Waals surface area contributed by atoms with Crippen LogP contribution in [0.5, 0.6) is 0 Å². The average Bonchev–Trinajstić information content (AvgIpc) is 2.75. The maximum atomic E-state index is 13.0. The van der Waals surface area contributed by atoms with E-state index in [1.54, 1.807) is 9.47 Å². The summed E-state index contributed by atoms with van der Waals surface area (Å²) in [6, 6.07) is 15.3. The molecule has 0 aliphatic carbocycles. The van der Waals surface area contributed by atoms with Crippen LogP contribution in [-0.2, 0) is 6.54 Å². The Balaban J connectivity index is 1.48. The first-order valence-corrected chi connectivity index (χ1v) is 9.94. The molecule has 7 heteroatoms. The number of urea groups is 1. The first-order chi connectivity index (χ1) is 14.1. The van der Waals surface area contributed by atoms with Gasteiger partial charge < -0.3 is 19.7 Å². The fourth-order valence-electron chi connectivity index (χ4n) is 3.66. The van der Waals surface area contributed by atoms with Crippen LogP contribution in [0.1, 0.15) is 12.5 Å². The van der Waals surface area contributed by atoms with Gasteiger partial charge in [-0.2, -0.15) is 0 Å². The summed E-state index contributed by atoms with van der Waals surface area (Å²) in [5.74, 6) is 0.462. The summed E-state index contributed by atoms with van der Waals surface area (Å²) in [5.41, 5.74) is 3.51. The Bertz CT molecular complexity index is 1080. The zero-order chi connectivity index (χ0) is 20.4. The molecule has 0 spiro atoms. The summed E-state index contributed by atoms with van der Waals surface area (Å²) >= 11 is 0. The van der Waals surface area contributed by atoms with E-state index in [1.807, 2.05) is 67.3 Å². The highest BCUT2D eigenvalue weighted by atomic mass is 16.2. The number of benzene rings is 2. The number of carbonyl (C=O) groups excluding carboxylic acids is 1. The van der Waals surface area contributed by atoms with Crippen LogP contribution in [0.25, 0.3) is 11.0 Å². The van der Waals surface area contributed by atoms with E-state index in [0.717, 1.165) is 22.3 Å². The van der Waals surface area contributed by atoms with E-state index in [9.17, 15) is 9.59 Å². The van der Waals surface area contributed by atoms with Crippen LogP contribution in [0.2, 0.25) is 0 Å². The Labute approximate surface area is 169 Å². The number of nitrogens with one attached hydrogen (secondary N) is 1. The predicted molar refractivity (Wildman–Crippen MR) is 116 cm³/mol. The minimum absolute atomic E-state index is 0.0799. The van der Waals surface area contributed by atoms with Crippen LogP contribution in [0.4, 0.5) is 16.3 Å². The fourth-order valence-corrected chi connectivity index (χ4v) is 3.66. The molecule has 2 amide bonds. The Kier molecular flexibility index (Phi) is 5.20. The largest absolute Gasteiger partial charge is 0.348 e. The molecule has 2 aromatic carbocycles. The first kappa shape index (κ1) is 19.0. The van der Waals surface area contributed by atoms with E-state index in [1.165, 1.54) is 0 Å². The van der Waals surface area contributed by atoms with Gasteiger partial charge in [-0.3, -0.25) is 4.79 Å². The van der Waals surface area contributed by atoms with Crippen molar-refractivity contribution in [3.8, 4) is 0 Å². The van der Waals surface area contributed by atoms with Gasteiger partial charge in [0.1, 0.15) is 0 Å². The molecule has 3 aromatic rings. The van der Waals surface area contributed by atoms with Crippen molar-refractivity contribution in [3.05, 3.63) is 64.4 Å². The van der Waals surface area contributed by atoms with Gasteiger partial charge in [0.25, 0.3) is 5.56 Å². The molecule has 150 valence electrons. The summed E-state index contributed by atoms with van der Waals surface area (Å²) < 4.78 is 1.76. The summed E-state index contributed by atoms with van der Waals surface area (Å²) in [6.45, 7) is 6.80. The number of rotatable bonds is 3.